The lowest BCUT2D eigenvalue weighted by Gasteiger charge is -2.35. The Morgan fingerprint density at radius 2 is 1.58 bits per heavy atom. The van der Waals surface area contributed by atoms with Crippen molar-refractivity contribution in [3.8, 4) is 0 Å². The number of benzene rings is 2. The van der Waals surface area contributed by atoms with E-state index >= 15 is 0 Å². The van der Waals surface area contributed by atoms with Gasteiger partial charge in [-0.25, -0.2) is 0 Å². The minimum absolute atomic E-state index is 0.0191. The van der Waals surface area contributed by atoms with Gasteiger partial charge in [0.05, 0.1) is 6.04 Å². The first kappa shape index (κ1) is 26.4. The lowest BCUT2D eigenvalue weighted by atomic mass is 9.88. The van der Waals surface area contributed by atoms with Crippen molar-refractivity contribution in [3.63, 3.8) is 0 Å². The maximum absolute atomic E-state index is 12.8. The second kappa shape index (κ2) is 14.2. The SMILES string of the molecule is O=C(NCCCC(CCCc1ccccc1)c1ccccc1)C1CCN(C(=O)C2CCCCN2)CC1. The number of hydrogen-bond donors (Lipinski definition) is 2. The lowest BCUT2D eigenvalue weighted by molar-refractivity contribution is -0.137. The third kappa shape index (κ3) is 7.92. The summed E-state index contributed by atoms with van der Waals surface area (Å²) < 4.78 is 0. The average molecular weight is 490 g/mol. The van der Waals surface area contributed by atoms with Crippen LogP contribution in [-0.4, -0.2) is 48.9 Å². The Kier molecular flexibility index (Phi) is 10.4. The number of amides is 2. The van der Waals surface area contributed by atoms with Crippen LogP contribution in [0.25, 0.3) is 0 Å². The van der Waals surface area contributed by atoms with Gasteiger partial charge in [0.15, 0.2) is 0 Å². The van der Waals surface area contributed by atoms with Crippen molar-refractivity contribution < 1.29 is 9.59 Å². The van der Waals surface area contributed by atoms with Crippen LogP contribution in [0, 0.1) is 5.92 Å². The van der Waals surface area contributed by atoms with Crippen molar-refractivity contribution in [1.82, 2.24) is 15.5 Å². The molecule has 2 saturated heterocycles. The fourth-order valence-corrected chi connectivity index (χ4v) is 5.75. The first-order valence-corrected chi connectivity index (χ1v) is 14.1. The smallest absolute Gasteiger partial charge is 0.239 e. The van der Waals surface area contributed by atoms with E-state index in [1.54, 1.807) is 0 Å². The predicted octanol–water partition coefficient (Wildman–Crippen LogP) is 5.07. The molecule has 0 aliphatic carbocycles. The van der Waals surface area contributed by atoms with Crippen molar-refractivity contribution in [2.75, 3.05) is 26.2 Å². The van der Waals surface area contributed by atoms with Gasteiger partial charge in [-0.15, -0.1) is 0 Å². The molecular formula is C31H43N3O2. The van der Waals surface area contributed by atoms with Crippen LogP contribution >= 0.6 is 0 Å². The molecule has 2 atom stereocenters. The van der Waals surface area contributed by atoms with Gasteiger partial charge >= 0.3 is 0 Å². The van der Waals surface area contributed by atoms with E-state index in [9.17, 15) is 9.59 Å². The van der Waals surface area contributed by atoms with Gasteiger partial charge in [0.25, 0.3) is 0 Å². The van der Waals surface area contributed by atoms with Gasteiger partial charge in [0.1, 0.15) is 0 Å². The predicted molar refractivity (Wildman–Crippen MR) is 146 cm³/mol. The van der Waals surface area contributed by atoms with Crippen LogP contribution in [0.3, 0.4) is 0 Å². The average Bonchev–Trinajstić information content (AvgIpc) is 2.95. The molecule has 0 bridgehead atoms. The zero-order valence-corrected chi connectivity index (χ0v) is 21.7. The minimum Gasteiger partial charge on any atom is -0.356 e. The molecule has 2 unspecified atom stereocenters. The van der Waals surface area contributed by atoms with E-state index < -0.39 is 0 Å². The fourth-order valence-electron chi connectivity index (χ4n) is 5.75. The van der Waals surface area contributed by atoms with Gasteiger partial charge in [-0.05, 0) is 81.4 Å². The van der Waals surface area contributed by atoms with E-state index in [4.69, 9.17) is 0 Å². The Labute approximate surface area is 217 Å². The summed E-state index contributed by atoms with van der Waals surface area (Å²) in [7, 11) is 0. The number of hydrogen-bond acceptors (Lipinski definition) is 3. The van der Waals surface area contributed by atoms with E-state index in [2.05, 4.69) is 71.3 Å². The van der Waals surface area contributed by atoms with Crippen LogP contribution in [0.5, 0.6) is 0 Å². The molecule has 5 heteroatoms. The molecule has 2 aliphatic rings. The Morgan fingerprint density at radius 3 is 2.28 bits per heavy atom. The largest absolute Gasteiger partial charge is 0.356 e. The quantitative estimate of drug-likeness (QED) is 0.433. The molecule has 0 saturated carbocycles. The zero-order chi connectivity index (χ0) is 25.0. The van der Waals surface area contributed by atoms with Gasteiger partial charge in [-0.1, -0.05) is 67.1 Å². The first-order chi connectivity index (χ1) is 17.7. The highest BCUT2D eigenvalue weighted by atomic mass is 16.2. The Balaban J connectivity index is 1.16. The van der Waals surface area contributed by atoms with Gasteiger partial charge in [-0.3, -0.25) is 9.59 Å². The second-order valence-electron chi connectivity index (χ2n) is 10.5. The highest BCUT2D eigenvalue weighted by molar-refractivity contribution is 5.83. The molecule has 4 rings (SSSR count). The lowest BCUT2D eigenvalue weighted by Crippen LogP contribution is -2.51. The van der Waals surface area contributed by atoms with Crippen LogP contribution in [0.4, 0.5) is 0 Å². The summed E-state index contributed by atoms with van der Waals surface area (Å²) in [5.74, 6) is 0.949. The Morgan fingerprint density at radius 1 is 0.889 bits per heavy atom. The molecule has 2 fully saturated rings. The molecule has 2 amide bonds. The van der Waals surface area contributed by atoms with Crippen molar-refractivity contribution in [1.29, 1.82) is 0 Å². The van der Waals surface area contributed by atoms with Crippen LogP contribution in [0.1, 0.15) is 74.8 Å². The number of piperidine rings is 2. The van der Waals surface area contributed by atoms with Gasteiger partial charge < -0.3 is 15.5 Å². The maximum atomic E-state index is 12.8. The van der Waals surface area contributed by atoms with Gasteiger partial charge in [-0.2, -0.15) is 0 Å². The molecule has 2 aromatic carbocycles. The van der Waals surface area contributed by atoms with Crippen LogP contribution in [-0.2, 0) is 16.0 Å². The molecule has 2 aromatic rings. The van der Waals surface area contributed by atoms with Crippen LogP contribution < -0.4 is 10.6 Å². The third-order valence-corrected chi connectivity index (χ3v) is 7.95. The summed E-state index contributed by atoms with van der Waals surface area (Å²) in [5, 5.41) is 6.55. The summed E-state index contributed by atoms with van der Waals surface area (Å²) >= 11 is 0. The summed E-state index contributed by atoms with van der Waals surface area (Å²) in [6.45, 7) is 3.07. The molecular weight excluding hydrogens is 446 g/mol. The normalized spacial score (nSPS) is 19.6. The molecule has 194 valence electrons. The number of nitrogens with zero attached hydrogens (tertiary/aromatic N) is 1. The van der Waals surface area contributed by atoms with Gasteiger partial charge in [0.2, 0.25) is 11.8 Å². The monoisotopic (exact) mass is 489 g/mol. The molecule has 2 N–H and O–H groups in total. The van der Waals surface area contributed by atoms with Crippen molar-refractivity contribution in [3.05, 3.63) is 71.8 Å². The number of aryl methyl sites for hydroxylation is 1. The number of likely N-dealkylation sites (tertiary alicyclic amines) is 1. The fraction of sp³-hybridized carbons (Fsp3) is 0.548. The molecule has 2 aliphatic heterocycles. The van der Waals surface area contributed by atoms with E-state index in [1.807, 2.05) is 4.90 Å². The molecule has 36 heavy (non-hydrogen) atoms. The van der Waals surface area contributed by atoms with Gasteiger partial charge in [0, 0.05) is 25.6 Å². The Hall–Kier alpha value is -2.66. The summed E-state index contributed by atoms with van der Waals surface area (Å²) in [5.41, 5.74) is 2.81. The third-order valence-electron chi connectivity index (χ3n) is 7.95. The minimum atomic E-state index is -0.0191. The van der Waals surface area contributed by atoms with E-state index in [0.717, 1.165) is 70.9 Å². The topological polar surface area (TPSA) is 61.4 Å². The number of carbonyl (C=O) groups excluding carboxylic acids is 2. The highest BCUT2D eigenvalue weighted by Crippen LogP contribution is 2.27. The Bertz CT molecular complexity index is 919. The molecule has 0 spiro atoms. The summed E-state index contributed by atoms with van der Waals surface area (Å²) in [6, 6.07) is 21.5. The second-order valence-corrected chi connectivity index (χ2v) is 10.5. The van der Waals surface area contributed by atoms with Crippen LogP contribution in [0.2, 0.25) is 0 Å². The number of carbonyl (C=O) groups is 2. The van der Waals surface area contributed by atoms with Crippen molar-refractivity contribution >= 4 is 11.8 Å². The van der Waals surface area contributed by atoms with Crippen molar-refractivity contribution in [2.45, 2.75) is 76.2 Å². The molecule has 0 aromatic heterocycles. The number of rotatable bonds is 11. The standard InChI is InChI=1S/C31H43N3O2/c35-30(28-19-23-34(24-20-28)31(36)29-18-7-8-21-32-29)33-22-10-17-27(26-14-5-2-6-15-26)16-9-13-25-11-3-1-4-12-25/h1-6,11-12,14-15,27-29,32H,7-10,13,16-24H2,(H,33,35). The highest BCUT2D eigenvalue weighted by Gasteiger charge is 2.31. The van der Waals surface area contributed by atoms with Crippen molar-refractivity contribution in [2.24, 2.45) is 5.92 Å². The molecule has 0 radical (unpaired) electrons. The molecule has 5 nitrogen and oxygen atoms in total. The number of nitrogens with one attached hydrogen (secondary N) is 2. The van der Waals surface area contributed by atoms with E-state index in [0.29, 0.717) is 19.0 Å². The van der Waals surface area contributed by atoms with E-state index in [1.165, 1.54) is 17.5 Å². The summed E-state index contributed by atoms with van der Waals surface area (Å²) in [4.78, 5) is 27.5. The van der Waals surface area contributed by atoms with E-state index in [-0.39, 0.29) is 23.8 Å². The molecule has 2 heterocycles. The zero-order valence-electron chi connectivity index (χ0n) is 21.7. The first-order valence-electron chi connectivity index (χ1n) is 14.1. The summed E-state index contributed by atoms with van der Waals surface area (Å²) in [6.07, 6.45) is 10.3. The maximum Gasteiger partial charge on any atom is 0.239 e. The van der Waals surface area contributed by atoms with Crippen LogP contribution in [0.15, 0.2) is 60.7 Å².